The van der Waals surface area contributed by atoms with Crippen LogP contribution in [0.2, 0.25) is 0 Å². The summed E-state index contributed by atoms with van der Waals surface area (Å²) in [6.45, 7) is 1.82. The SMILES string of the molecule is CCC(=O)NC1(CCC(N)=O)c2ccccc2-c2ccccc21. The number of rotatable bonds is 5. The molecule has 0 fully saturated rings. The molecule has 0 saturated heterocycles. The number of hydrogen-bond donors (Lipinski definition) is 2. The highest BCUT2D eigenvalue weighted by atomic mass is 16.2. The first kappa shape index (κ1) is 15.3. The van der Waals surface area contributed by atoms with Crippen LogP contribution in [-0.2, 0) is 15.1 Å². The maximum absolute atomic E-state index is 12.2. The second-order valence-corrected chi connectivity index (χ2v) is 5.86. The van der Waals surface area contributed by atoms with Crippen molar-refractivity contribution < 1.29 is 9.59 Å². The number of benzene rings is 2. The Morgan fingerprint density at radius 2 is 1.52 bits per heavy atom. The normalized spacial score (nSPS) is 14.0. The third kappa shape index (κ3) is 2.50. The number of carbonyl (C=O) groups excluding carboxylic acids is 2. The highest BCUT2D eigenvalue weighted by Gasteiger charge is 2.43. The molecule has 0 aliphatic heterocycles. The highest BCUT2D eigenvalue weighted by molar-refractivity contribution is 5.86. The summed E-state index contributed by atoms with van der Waals surface area (Å²) in [5, 5.41) is 3.16. The first-order valence-corrected chi connectivity index (χ1v) is 7.87. The standard InChI is InChI=1S/C19H20N2O2/c1-2-18(23)21-19(12-11-17(20)22)15-9-5-3-7-13(15)14-8-4-6-10-16(14)19/h3-10H,2,11-12H2,1H3,(H2,20,22)(H,21,23). The van der Waals surface area contributed by atoms with E-state index >= 15 is 0 Å². The van der Waals surface area contributed by atoms with E-state index in [1.807, 2.05) is 43.3 Å². The molecule has 2 aromatic rings. The summed E-state index contributed by atoms with van der Waals surface area (Å²) in [5.74, 6) is -0.405. The number of carbonyl (C=O) groups is 2. The van der Waals surface area contributed by atoms with Gasteiger partial charge in [0.2, 0.25) is 11.8 Å². The Labute approximate surface area is 135 Å². The van der Waals surface area contributed by atoms with Gasteiger partial charge in [0.05, 0.1) is 5.54 Å². The first-order valence-electron chi connectivity index (χ1n) is 7.87. The zero-order valence-electron chi connectivity index (χ0n) is 13.1. The molecule has 0 unspecified atom stereocenters. The first-order chi connectivity index (χ1) is 11.1. The highest BCUT2D eigenvalue weighted by Crippen LogP contribution is 2.49. The van der Waals surface area contributed by atoms with Crippen molar-refractivity contribution in [3.63, 3.8) is 0 Å². The van der Waals surface area contributed by atoms with Gasteiger partial charge in [-0.2, -0.15) is 0 Å². The van der Waals surface area contributed by atoms with Crippen molar-refractivity contribution in [1.29, 1.82) is 0 Å². The van der Waals surface area contributed by atoms with Gasteiger partial charge in [-0.05, 0) is 28.7 Å². The van der Waals surface area contributed by atoms with Crippen LogP contribution in [0.1, 0.15) is 37.3 Å². The Balaban J connectivity index is 2.20. The van der Waals surface area contributed by atoms with E-state index in [0.717, 1.165) is 22.3 Å². The van der Waals surface area contributed by atoms with Gasteiger partial charge in [0.25, 0.3) is 0 Å². The maximum atomic E-state index is 12.2. The fraction of sp³-hybridized carbons (Fsp3) is 0.263. The van der Waals surface area contributed by atoms with E-state index in [1.165, 1.54) is 0 Å². The minimum absolute atomic E-state index is 0.0408. The lowest BCUT2D eigenvalue weighted by molar-refractivity contribution is -0.123. The molecule has 0 radical (unpaired) electrons. The quantitative estimate of drug-likeness (QED) is 0.891. The van der Waals surface area contributed by atoms with E-state index in [0.29, 0.717) is 12.8 Å². The van der Waals surface area contributed by atoms with Crippen LogP contribution in [0.4, 0.5) is 0 Å². The van der Waals surface area contributed by atoms with Crippen molar-refractivity contribution in [3.8, 4) is 11.1 Å². The summed E-state index contributed by atoms with van der Waals surface area (Å²) in [4.78, 5) is 23.6. The molecular weight excluding hydrogens is 288 g/mol. The zero-order chi connectivity index (χ0) is 16.4. The smallest absolute Gasteiger partial charge is 0.220 e. The van der Waals surface area contributed by atoms with Gasteiger partial charge in [-0.15, -0.1) is 0 Å². The lowest BCUT2D eigenvalue weighted by Crippen LogP contribution is -2.45. The lowest BCUT2D eigenvalue weighted by Gasteiger charge is -2.33. The van der Waals surface area contributed by atoms with Gasteiger partial charge in [-0.25, -0.2) is 0 Å². The topological polar surface area (TPSA) is 72.2 Å². The molecule has 0 spiro atoms. The van der Waals surface area contributed by atoms with Crippen molar-refractivity contribution in [2.24, 2.45) is 5.73 Å². The van der Waals surface area contributed by atoms with Crippen molar-refractivity contribution in [1.82, 2.24) is 5.32 Å². The molecule has 23 heavy (non-hydrogen) atoms. The average molecular weight is 308 g/mol. The number of hydrogen-bond acceptors (Lipinski definition) is 2. The monoisotopic (exact) mass is 308 g/mol. The number of amides is 2. The van der Waals surface area contributed by atoms with Gasteiger partial charge >= 0.3 is 0 Å². The molecule has 118 valence electrons. The lowest BCUT2D eigenvalue weighted by atomic mass is 9.82. The predicted molar refractivity (Wildman–Crippen MR) is 89.5 cm³/mol. The van der Waals surface area contributed by atoms with E-state index < -0.39 is 5.54 Å². The zero-order valence-corrected chi connectivity index (χ0v) is 13.1. The Kier molecular flexibility index (Phi) is 3.90. The third-order valence-electron chi connectivity index (χ3n) is 4.48. The van der Waals surface area contributed by atoms with Crippen LogP contribution >= 0.6 is 0 Å². The van der Waals surface area contributed by atoms with Gasteiger partial charge in [0.1, 0.15) is 0 Å². The van der Waals surface area contributed by atoms with Crippen molar-refractivity contribution >= 4 is 11.8 Å². The van der Waals surface area contributed by atoms with Crippen molar-refractivity contribution in [2.45, 2.75) is 31.7 Å². The molecule has 1 aliphatic rings. The van der Waals surface area contributed by atoms with E-state index in [2.05, 4.69) is 17.4 Å². The van der Waals surface area contributed by atoms with Crippen LogP contribution < -0.4 is 11.1 Å². The van der Waals surface area contributed by atoms with Gasteiger partial charge < -0.3 is 11.1 Å². The largest absolute Gasteiger partial charge is 0.370 e. The molecule has 0 heterocycles. The number of fused-ring (bicyclic) bond motifs is 3. The second-order valence-electron chi connectivity index (χ2n) is 5.86. The summed E-state index contributed by atoms with van der Waals surface area (Å²) >= 11 is 0. The number of nitrogens with two attached hydrogens (primary N) is 1. The molecule has 4 nitrogen and oxygen atoms in total. The molecule has 3 N–H and O–H groups in total. The predicted octanol–water partition coefficient (Wildman–Crippen LogP) is 2.70. The molecule has 2 aromatic carbocycles. The number of nitrogens with one attached hydrogen (secondary N) is 1. The van der Waals surface area contributed by atoms with Gasteiger partial charge in [-0.3, -0.25) is 9.59 Å². The average Bonchev–Trinajstić information content (AvgIpc) is 2.84. The Morgan fingerprint density at radius 1 is 1.00 bits per heavy atom. The molecule has 0 aromatic heterocycles. The van der Waals surface area contributed by atoms with Crippen LogP contribution in [-0.4, -0.2) is 11.8 Å². The Bertz CT molecular complexity index is 722. The molecule has 0 bridgehead atoms. The van der Waals surface area contributed by atoms with Crippen LogP contribution in [0.25, 0.3) is 11.1 Å². The minimum atomic E-state index is -0.685. The van der Waals surface area contributed by atoms with E-state index in [1.54, 1.807) is 0 Å². The van der Waals surface area contributed by atoms with E-state index in [-0.39, 0.29) is 18.2 Å². The van der Waals surface area contributed by atoms with Crippen molar-refractivity contribution in [3.05, 3.63) is 59.7 Å². The second kappa shape index (κ2) is 5.88. The van der Waals surface area contributed by atoms with Gasteiger partial charge in [0, 0.05) is 12.8 Å². The maximum Gasteiger partial charge on any atom is 0.220 e. The van der Waals surface area contributed by atoms with Crippen LogP contribution in [0.5, 0.6) is 0 Å². The fourth-order valence-electron chi connectivity index (χ4n) is 3.43. The van der Waals surface area contributed by atoms with E-state index in [4.69, 9.17) is 5.73 Å². The molecule has 1 aliphatic carbocycles. The molecule has 3 rings (SSSR count). The van der Waals surface area contributed by atoms with Gasteiger partial charge in [-0.1, -0.05) is 55.5 Å². The molecule has 0 atom stereocenters. The Hall–Kier alpha value is -2.62. The summed E-state index contributed by atoms with van der Waals surface area (Å²) in [5.41, 5.74) is 8.96. The minimum Gasteiger partial charge on any atom is -0.370 e. The summed E-state index contributed by atoms with van der Waals surface area (Å²) in [6.07, 6.45) is 1.07. The Morgan fingerprint density at radius 3 is 2.00 bits per heavy atom. The molecule has 0 saturated carbocycles. The molecular formula is C19H20N2O2. The molecule has 4 heteroatoms. The van der Waals surface area contributed by atoms with Crippen molar-refractivity contribution in [2.75, 3.05) is 0 Å². The van der Waals surface area contributed by atoms with Crippen LogP contribution in [0.3, 0.4) is 0 Å². The third-order valence-corrected chi connectivity index (χ3v) is 4.48. The van der Waals surface area contributed by atoms with Crippen LogP contribution in [0.15, 0.2) is 48.5 Å². The fourth-order valence-corrected chi connectivity index (χ4v) is 3.43. The van der Waals surface area contributed by atoms with E-state index in [9.17, 15) is 9.59 Å². The van der Waals surface area contributed by atoms with Gasteiger partial charge in [0.15, 0.2) is 0 Å². The summed E-state index contributed by atoms with van der Waals surface area (Å²) < 4.78 is 0. The summed E-state index contributed by atoms with van der Waals surface area (Å²) in [6, 6.07) is 16.0. The summed E-state index contributed by atoms with van der Waals surface area (Å²) in [7, 11) is 0. The van der Waals surface area contributed by atoms with Crippen LogP contribution in [0, 0.1) is 0 Å². The molecule has 2 amide bonds. The number of primary amides is 1.